The van der Waals surface area contributed by atoms with E-state index < -0.39 is 27.4 Å². The number of hydrogen-bond acceptors (Lipinski definition) is 3. The Hall–Kier alpha value is -1.76. The number of carbonyl (C=O) groups is 1. The molecule has 1 aromatic carbocycles. The zero-order chi connectivity index (χ0) is 15.5. The largest absolute Gasteiger partial charge is 0.352 e. The van der Waals surface area contributed by atoms with Crippen LogP contribution in [-0.2, 0) is 14.6 Å². The van der Waals surface area contributed by atoms with Gasteiger partial charge in [-0.05, 0) is 30.5 Å². The van der Waals surface area contributed by atoms with Crippen LogP contribution in [0.25, 0.3) is 6.08 Å². The van der Waals surface area contributed by atoms with Crippen molar-refractivity contribution in [1.82, 2.24) is 5.32 Å². The molecule has 0 saturated carbocycles. The minimum Gasteiger partial charge on any atom is -0.352 e. The summed E-state index contributed by atoms with van der Waals surface area (Å²) in [5, 5.41) is 2.54. The molecule has 1 aliphatic rings. The summed E-state index contributed by atoms with van der Waals surface area (Å²) >= 11 is 0. The van der Waals surface area contributed by atoms with Gasteiger partial charge in [-0.25, -0.2) is 17.2 Å². The summed E-state index contributed by atoms with van der Waals surface area (Å²) < 4.78 is 49.2. The Morgan fingerprint density at radius 2 is 2.00 bits per heavy atom. The van der Waals surface area contributed by atoms with Gasteiger partial charge in [0.1, 0.15) is 11.6 Å². The maximum absolute atomic E-state index is 13.3. The molecule has 7 heteroatoms. The van der Waals surface area contributed by atoms with Gasteiger partial charge in [0, 0.05) is 18.2 Å². The van der Waals surface area contributed by atoms with E-state index >= 15 is 0 Å². The lowest BCUT2D eigenvalue weighted by Crippen LogP contribution is -2.28. The second kappa shape index (κ2) is 6.34. The maximum atomic E-state index is 13.3. The van der Waals surface area contributed by atoms with Crippen molar-refractivity contribution in [2.45, 2.75) is 6.42 Å². The molecule has 0 spiro atoms. The molecule has 114 valence electrons. The predicted octanol–water partition coefficient (Wildman–Crippen LogP) is 1.53. The van der Waals surface area contributed by atoms with E-state index in [2.05, 4.69) is 5.32 Å². The lowest BCUT2D eigenvalue weighted by molar-refractivity contribution is -0.116. The average molecular weight is 315 g/mol. The van der Waals surface area contributed by atoms with Crippen molar-refractivity contribution in [2.24, 2.45) is 5.92 Å². The highest BCUT2D eigenvalue weighted by Gasteiger charge is 2.27. The van der Waals surface area contributed by atoms with E-state index in [1.807, 2.05) is 0 Å². The van der Waals surface area contributed by atoms with Gasteiger partial charge in [0.2, 0.25) is 5.91 Å². The highest BCUT2D eigenvalue weighted by atomic mass is 32.2. The number of hydrogen-bond donors (Lipinski definition) is 1. The minimum absolute atomic E-state index is 0.0684. The van der Waals surface area contributed by atoms with Gasteiger partial charge in [-0.2, -0.15) is 0 Å². The highest BCUT2D eigenvalue weighted by Crippen LogP contribution is 2.17. The number of halogens is 2. The van der Waals surface area contributed by atoms with E-state index in [1.54, 1.807) is 0 Å². The Kier molecular flexibility index (Phi) is 4.72. The lowest BCUT2D eigenvalue weighted by Gasteiger charge is -2.07. The Labute approximate surface area is 121 Å². The van der Waals surface area contributed by atoms with Crippen molar-refractivity contribution in [3.63, 3.8) is 0 Å². The Morgan fingerprint density at radius 3 is 2.57 bits per heavy atom. The summed E-state index contributed by atoms with van der Waals surface area (Å²) in [6.45, 7) is 0.238. The van der Waals surface area contributed by atoms with Crippen molar-refractivity contribution in [2.75, 3.05) is 18.1 Å². The third-order valence-corrected chi connectivity index (χ3v) is 5.13. The Bertz CT molecular complexity index is 651. The monoisotopic (exact) mass is 315 g/mol. The number of nitrogens with one attached hydrogen (secondary N) is 1. The second-order valence-corrected chi connectivity index (χ2v) is 7.21. The van der Waals surface area contributed by atoms with Crippen LogP contribution in [0.1, 0.15) is 12.0 Å². The molecule has 4 nitrogen and oxygen atoms in total. The summed E-state index contributed by atoms with van der Waals surface area (Å²) in [5.41, 5.74) is -0.281. The summed E-state index contributed by atoms with van der Waals surface area (Å²) in [5.74, 6) is -1.90. The first-order valence-electron chi connectivity index (χ1n) is 6.48. The summed E-state index contributed by atoms with van der Waals surface area (Å²) in [7, 11) is -2.98. The third-order valence-electron chi connectivity index (χ3n) is 3.29. The van der Waals surface area contributed by atoms with Gasteiger partial charge in [0.25, 0.3) is 0 Å². The molecule has 1 fully saturated rings. The fourth-order valence-electron chi connectivity index (χ4n) is 2.17. The lowest BCUT2D eigenvalue weighted by atomic mass is 10.1. The van der Waals surface area contributed by atoms with Gasteiger partial charge in [-0.1, -0.05) is 6.07 Å². The molecule has 1 aliphatic heterocycles. The van der Waals surface area contributed by atoms with Crippen molar-refractivity contribution >= 4 is 21.8 Å². The van der Waals surface area contributed by atoms with Crippen molar-refractivity contribution < 1.29 is 22.0 Å². The van der Waals surface area contributed by atoms with Crippen LogP contribution in [0.15, 0.2) is 24.3 Å². The van der Waals surface area contributed by atoms with Gasteiger partial charge < -0.3 is 5.32 Å². The van der Waals surface area contributed by atoms with Gasteiger partial charge >= 0.3 is 0 Å². The molecule has 1 amide bonds. The first kappa shape index (κ1) is 15.6. The Morgan fingerprint density at radius 1 is 1.33 bits per heavy atom. The van der Waals surface area contributed by atoms with E-state index in [0.29, 0.717) is 6.42 Å². The minimum atomic E-state index is -2.98. The molecule has 0 aliphatic carbocycles. The summed E-state index contributed by atoms with van der Waals surface area (Å²) in [6, 6.07) is 3.44. The number of carbonyl (C=O) groups excluding carboxylic acids is 1. The molecule has 1 saturated heterocycles. The third kappa shape index (κ3) is 4.35. The molecule has 2 rings (SSSR count). The van der Waals surface area contributed by atoms with E-state index in [0.717, 1.165) is 24.3 Å². The molecule has 1 aromatic rings. The fraction of sp³-hybridized carbons (Fsp3) is 0.357. The number of benzene rings is 1. The van der Waals surface area contributed by atoms with Gasteiger partial charge in [0.05, 0.1) is 11.5 Å². The average Bonchev–Trinajstić information content (AvgIpc) is 2.75. The van der Waals surface area contributed by atoms with Crippen LogP contribution in [0, 0.1) is 17.6 Å². The molecule has 21 heavy (non-hydrogen) atoms. The van der Waals surface area contributed by atoms with Crippen molar-refractivity contribution in [3.05, 3.63) is 41.5 Å². The molecular weight excluding hydrogens is 300 g/mol. The SMILES string of the molecule is O=C(/C=C/c1c(F)cccc1F)NCC1CCS(=O)(=O)C1. The normalized spacial score (nSPS) is 20.8. The van der Waals surface area contributed by atoms with Crippen LogP contribution in [0.5, 0.6) is 0 Å². The van der Waals surface area contributed by atoms with Crippen LogP contribution in [0.4, 0.5) is 8.78 Å². The summed E-state index contributed by atoms with van der Waals surface area (Å²) in [4.78, 5) is 11.6. The molecule has 1 atom stereocenters. The number of sulfone groups is 1. The smallest absolute Gasteiger partial charge is 0.244 e. The number of rotatable bonds is 4. The van der Waals surface area contributed by atoms with Gasteiger partial charge in [0.15, 0.2) is 9.84 Å². The van der Waals surface area contributed by atoms with Gasteiger partial charge in [-0.15, -0.1) is 0 Å². The van der Waals surface area contributed by atoms with E-state index in [-0.39, 0.29) is 29.5 Å². The van der Waals surface area contributed by atoms with Crippen LogP contribution < -0.4 is 5.32 Å². The zero-order valence-corrected chi connectivity index (χ0v) is 12.0. The molecule has 1 heterocycles. The second-order valence-electron chi connectivity index (χ2n) is 4.98. The maximum Gasteiger partial charge on any atom is 0.244 e. The standard InChI is InChI=1S/C14H15F2NO3S/c15-12-2-1-3-13(16)11(12)4-5-14(18)17-8-10-6-7-21(19,20)9-10/h1-5,10H,6-9H2,(H,17,18)/b5-4+. The van der Waals surface area contributed by atoms with Crippen molar-refractivity contribution in [3.8, 4) is 0 Å². The molecule has 0 bridgehead atoms. The molecule has 0 aromatic heterocycles. The quantitative estimate of drug-likeness (QED) is 0.857. The van der Waals surface area contributed by atoms with Crippen LogP contribution >= 0.6 is 0 Å². The van der Waals surface area contributed by atoms with Crippen LogP contribution in [0.3, 0.4) is 0 Å². The van der Waals surface area contributed by atoms with Crippen molar-refractivity contribution in [1.29, 1.82) is 0 Å². The molecule has 1 unspecified atom stereocenters. The van der Waals surface area contributed by atoms with Gasteiger partial charge in [-0.3, -0.25) is 4.79 Å². The molecule has 0 radical (unpaired) electrons. The zero-order valence-electron chi connectivity index (χ0n) is 11.2. The highest BCUT2D eigenvalue weighted by molar-refractivity contribution is 7.91. The van der Waals surface area contributed by atoms with E-state index in [4.69, 9.17) is 0 Å². The Balaban J connectivity index is 1.89. The van der Waals surface area contributed by atoms with E-state index in [9.17, 15) is 22.0 Å². The first-order chi connectivity index (χ1) is 9.87. The summed E-state index contributed by atoms with van der Waals surface area (Å²) in [6.07, 6.45) is 2.62. The number of amides is 1. The predicted molar refractivity (Wildman–Crippen MR) is 75.2 cm³/mol. The topological polar surface area (TPSA) is 63.2 Å². The van der Waals surface area contributed by atoms with E-state index in [1.165, 1.54) is 6.07 Å². The molecular formula is C14H15F2NO3S. The fourth-order valence-corrected chi connectivity index (χ4v) is 4.03. The first-order valence-corrected chi connectivity index (χ1v) is 8.30. The van der Waals surface area contributed by atoms with Crippen LogP contribution in [-0.4, -0.2) is 32.4 Å². The molecule has 1 N–H and O–H groups in total. The van der Waals surface area contributed by atoms with Crippen LogP contribution in [0.2, 0.25) is 0 Å².